The summed E-state index contributed by atoms with van der Waals surface area (Å²) in [6.07, 6.45) is 7.01. The van der Waals surface area contributed by atoms with Crippen LogP contribution in [0.5, 0.6) is 0 Å². The molecule has 1 saturated carbocycles. The minimum absolute atomic E-state index is 0.0218. The SMILES string of the molecule is C[C@@H]1CCCC[C@H]1NC(=O)COC(=O)/C=C/c1ccc(F)c(Cl)c1. The molecule has 0 aliphatic heterocycles. The van der Waals surface area contributed by atoms with Crippen LogP contribution in [-0.2, 0) is 14.3 Å². The van der Waals surface area contributed by atoms with Gasteiger partial charge in [-0.25, -0.2) is 9.18 Å². The second-order valence-corrected chi connectivity index (χ2v) is 6.46. The Bertz CT molecular complexity index is 633. The number of esters is 1. The van der Waals surface area contributed by atoms with Crippen molar-refractivity contribution in [1.29, 1.82) is 0 Å². The average molecular weight is 354 g/mol. The van der Waals surface area contributed by atoms with E-state index in [0.29, 0.717) is 11.5 Å². The van der Waals surface area contributed by atoms with E-state index in [-0.39, 0.29) is 23.6 Å². The summed E-state index contributed by atoms with van der Waals surface area (Å²) < 4.78 is 17.9. The number of benzene rings is 1. The highest BCUT2D eigenvalue weighted by atomic mass is 35.5. The molecular formula is C18H21ClFNO3. The number of halogens is 2. The number of hydrogen-bond donors (Lipinski definition) is 1. The highest BCUT2D eigenvalue weighted by molar-refractivity contribution is 6.30. The van der Waals surface area contributed by atoms with Crippen LogP contribution in [0.1, 0.15) is 38.2 Å². The Morgan fingerprint density at radius 3 is 2.83 bits per heavy atom. The number of carbonyl (C=O) groups is 2. The lowest BCUT2D eigenvalue weighted by Crippen LogP contribution is -2.42. The lowest BCUT2D eigenvalue weighted by atomic mass is 9.86. The third-order valence-electron chi connectivity index (χ3n) is 4.16. The smallest absolute Gasteiger partial charge is 0.331 e. The number of carbonyl (C=O) groups excluding carboxylic acids is 2. The van der Waals surface area contributed by atoms with Gasteiger partial charge in [-0.15, -0.1) is 0 Å². The van der Waals surface area contributed by atoms with Crippen molar-refractivity contribution in [3.63, 3.8) is 0 Å². The van der Waals surface area contributed by atoms with Crippen LogP contribution in [0.3, 0.4) is 0 Å². The minimum atomic E-state index is -0.637. The molecule has 1 aliphatic carbocycles. The van der Waals surface area contributed by atoms with Gasteiger partial charge in [0.2, 0.25) is 0 Å². The van der Waals surface area contributed by atoms with E-state index in [1.54, 1.807) is 0 Å². The summed E-state index contributed by atoms with van der Waals surface area (Å²) >= 11 is 5.66. The van der Waals surface area contributed by atoms with Gasteiger partial charge in [0.25, 0.3) is 5.91 Å². The van der Waals surface area contributed by atoms with Gasteiger partial charge in [-0.1, -0.05) is 37.4 Å². The Kier molecular flexibility index (Phi) is 6.79. The van der Waals surface area contributed by atoms with Crippen LogP contribution in [0.25, 0.3) is 6.08 Å². The fraction of sp³-hybridized carbons (Fsp3) is 0.444. The normalized spacial score (nSPS) is 20.8. The molecule has 0 radical (unpaired) electrons. The number of rotatable bonds is 5. The molecule has 1 aromatic carbocycles. The van der Waals surface area contributed by atoms with Crippen LogP contribution < -0.4 is 5.32 Å². The number of amides is 1. The molecule has 1 fully saturated rings. The van der Waals surface area contributed by atoms with Gasteiger partial charge in [-0.2, -0.15) is 0 Å². The van der Waals surface area contributed by atoms with Crippen molar-refractivity contribution in [3.05, 3.63) is 40.7 Å². The molecule has 130 valence electrons. The molecule has 6 heteroatoms. The van der Waals surface area contributed by atoms with Crippen molar-refractivity contribution in [2.75, 3.05) is 6.61 Å². The number of ether oxygens (including phenoxy) is 1. The first-order chi connectivity index (χ1) is 11.5. The molecule has 2 atom stereocenters. The van der Waals surface area contributed by atoms with Crippen LogP contribution in [0, 0.1) is 11.7 Å². The quantitative estimate of drug-likeness (QED) is 0.648. The summed E-state index contributed by atoms with van der Waals surface area (Å²) in [4.78, 5) is 23.5. The first kappa shape index (κ1) is 18.5. The molecule has 1 amide bonds. The van der Waals surface area contributed by atoms with Gasteiger partial charge < -0.3 is 10.1 Å². The second-order valence-electron chi connectivity index (χ2n) is 6.05. The van der Waals surface area contributed by atoms with Gasteiger partial charge >= 0.3 is 5.97 Å². The molecule has 2 rings (SSSR count). The van der Waals surface area contributed by atoms with E-state index in [4.69, 9.17) is 16.3 Å². The predicted octanol–water partition coefficient (Wildman–Crippen LogP) is 3.73. The van der Waals surface area contributed by atoms with Crippen LogP contribution >= 0.6 is 11.6 Å². The Morgan fingerprint density at radius 1 is 1.38 bits per heavy atom. The largest absolute Gasteiger partial charge is 0.452 e. The van der Waals surface area contributed by atoms with Gasteiger partial charge in [0.05, 0.1) is 5.02 Å². The van der Waals surface area contributed by atoms with E-state index in [9.17, 15) is 14.0 Å². The van der Waals surface area contributed by atoms with E-state index < -0.39 is 11.8 Å². The molecule has 0 bridgehead atoms. The molecular weight excluding hydrogens is 333 g/mol. The van der Waals surface area contributed by atoms with Crippen LogP contribution in [0.4, 0.5) is 4.39 Å². The van der Waals surface area contributed by atoms with Gasteiger partial charge in [-0.3, -0.25) is 4.79 Å². The monoisotopic (exact) mass is 353 g/mol. The van der Waals surface area contributed by atoms with Crippen molar-refractivity contribution < 1.29 is 18.7 Å². The van der Waals surface area contributed by atoms with E-state index in [2.05, 4.69) is 12.2 Å². The second kappa shape index (κ2) is 8.83. The van der Waals surface area contributed by atoms with Gasteiger partial charge in [-0.05, 0) is 42.5 Å². The summed E-state index contributed by atoms with van der Waals surface area (Å²) in [6, 6.07) is 4.26. The summed E-state index contributed by atoms with van der Waals surface area (Å²) in [6.45, 7) is 1.81. The fourth-order valence-electron chi connectivity index (χ4n) is 2.74. The lowest BCUT2D eigenvalue weighted by molar-refractivity contribution is -0.144. The molecule has 4 nitrogen and oxygen atoms in total. The van der Waals surface area contributed by atoms with Crippen molar-refractivity contribution in [3.8, 4) is 0 Å². The van der Waals surface area contributed by atoms with E-state index in [0.717, 1.165) is 19.3 Å². The van der Waals surface area contributed by atoms with Crippen LogP contribution in [0.2, 0.25) is 5.02 Å². The third kappa shape index (κ3) is 5.64. The van der Waals surface area contributed by atoms with Crippen molar-refractivity contribution in [1.82, 2.24) is 5.32 Å². The zero-order chi connectivity index (χ0) is 17.5. The van der Waals surface area contributed by atoms with E-state index in [1.807, 2.05) is 0 Å². The van der Waals surface area contributed by atoms with Gasteiger partial charge in [0.15, 0.2) is 6.61 Å². The molecule has 0 unspecified atom stereocenters. The van der Waals surface area contributed by atoms with Crippen LogP contribution in [0.15, 0.2) is 24.3 Å². The van der Waals surface area contributed by atoms with Crippen molar-refractivity contribution >= 4 is 29.6 Å². The van der Waals surface area contributed by atoms with Crippen LogP contribution in [-0.4, -0.2) is 24.5 Å². The lowest BCUT2D eigenvalue weighted by Gasteiger charge is -2.29. The third-order valence-corrected chi connectivity index (χ3v) is 4.45. The van der Waals surface area contributed by atoms with Crippen molar-refractivity contribution in [2.24, 2.45) is 5.92 Å². The maximum absolute atomic E-state index is 13.0. The molecule has 1 aliphatic rings. The predicted molar refractivity (Wildman–Crippen MR) is 91.0 cm³/mol. The molecule has 24 heavy (non-hydrogen) atoms. The van der Waals surface area contributed by atoms with E-state index in [1.165, 1.54) is 36.8 Å². The van der Waals surface area contributed by atoms with Gasteiger partial charge in [0.1, 0.15) is 5.82 Å². The summed E-state index contributed by atoms with van der Waals surface area (Å²) in [5.74, 6) is -1.01. The topological polar surface area (TPSA) is 55.4 Å². The zero-order valence-corrected chi connectivity index (χ0v) is 14.3. The average Bonchev–Trinajstić information content (AvgIpc) is 2.56. The molecule has 0 saturated heterocycles. The Balaban J connectivity index is 1.76. The number of hydrogen-bond acceptors (Lipinski definition) is 3. The van der Waals surface area contributed by atoms with Gasteiger partial charge in [0, 0.05) is 12.1 Å². The first-order valence-electron chi connectivity index (χ1n) is 8.05. The maximum Gasteiger partial charge on any atom is 0.331 e. The molecule has 1 aromatic rings. The Morgan fingerprint density at radius 2 is 2.12 bits per heavy atom. The Labute approximate surface area is 146 Å². The highest BCUT2D eigenvalue weighted by Gasteiger charge is 2.22. The van der Waals surface area contributed by atoms with Crippen molar-refractivity contribution in [2.45, 2.75) is 38.6 Å². The molecule has 1 N–H and O–H groups in total. The summed E-state index contributed by atoms with van der Waals surface area (Å²) in [5.41, 5.74) is 0.568. The highest BCUT2D eigenvalue weighted by Crippen LogP contribution is 2.23. The maximum atomic E-state index is 13.0. The van der Waals surface area contributed by atoms with E-state index >= 15 is 0 Å². The zero-order valence-electron chi connectivity index (χ0n) is 13.6. The molecule has 0 spiro atoms. The Hall–Kier alpha value is -1.88. The number of nitrogens with one attached hydrogen (secondary N) is 1. The molecule has 0 heterocycles. The standard InChI is InChI=1S/C18H21ClFNO3/c1-12-4-2-3-5-16(12)21-17(22)11-24-18(23)9-7-13-6-8-15(20)14(19)10-13/h6-10,12,16H,2-5,11H2,1H3,(H,21,22)/b9-7+/t12-,16-/m1/s1. The summed E-state index contributed by atoms with van der Waals surface area (Å²) in [7, 11) is 0. The minimum Gasteiger partial charge on any atom is -0.452 e. The molecule has 0 aromatic heterocycles. The first-order valence-corrected chi connectivity index (χ1v) is 8.43. The fourth-order valence-corrected chi connectivity index (χ4v) is 2.93. The summed E-state index contributed by atoms with van der Waals surface area (Å²) in [5, 5.41) is 2.89.